The van der Waals surface area contributed by atoms with E-state index in [9.17, 15) is 21.6 Å². The van der Waals surface area contributed by atoms with Crippen LogP contribution in [0.3, 0.4) is 0 Å². The zero-order chi connectivity index (χ0) is 28.4. The second kappa shape index (κ2) is 11.9. The number of piperazine rings is 1. The third kappa shape index (κ3) is 6.14. The zero-order valence-corrected chi connectivity index (χ0v) is 24.7. The Morgan fingerprint density at radius 3 is 2.15 bits per heavy atom. The first-order chi connectivity index (χ1) is 18.5. The maximum Gasteiger partial charge on any atom is 0.324 e. The normalized spacial score (nSPS) is 19.7. The number of anilines is 1. The summed E-state index contributed by atoms with van der Waals surface area (Å²) in [5.74, 6) is 0.339. The molecule has 2 saturated heterocycles. The van der Waals surface area contributed by atoms with E-state index in [1.54, 1.807) is 4.90 Å². The smallest absolute Gasteiger partial charge is 0.324 e. The number of piperidine rings is 1. The molecular formula is C26H39N5O6S2. The van der Waals surface area contributed by atoms with Crippen LogP contribution >= 0.6 is 0 Å². The number of carbonyl (C=O) groups excluding carboxylic acids is 1. The summed E-state index contributed by atoms with van der Waals surface area (Å²) in [6.45, 7) is 10.2. The molecule has 0 saturated carbocycles. The molecule has 216 valence electrons. The van der Waals surface area contributed by atoms with Crippen molar-refractivity contribution >= 4 is 31.8 Å². The number of carbonyl (C=O) groups is 1. The van der Waals surface area contributed by atoms with Gasteiger partial charge < -0.3 is 14.3 Å². The summed E-state index contributed by atoms with van der Waals surface area (Å²) in [7, 11) is -7.39. The minimum absolute atomic E-state index is 0.0352. The molecule has 0 aliphatic carbocycles. The highest BCUT2D eigenvalue weighted by molar-refractivity contribution is 7.92. The summed E-state index contributed by atoms with van der Waals surface area (Å²) in [6, 6.07) is 5.93. The van der Waals surface area contributed by atoms with E-state index < -0.39 is 31.0 Å². The van der Waals surface area contributed by atoms with Gasteiger partial charge in [-0.25, -0.2) is 16.8 Å². The summed E-state index contributed by atoms with van der Waals surface area (Å²) in [4.78, 5) is 21.7. The lowest BCUT2D eigenvalue weighted by Crippen LogP contribution is -2.53. The predicted molar refractivity (Wildman–Crippen MR) is 147 cm³/mol. The van der Waals surface area contributed by atoms with Gasteiger partial charge in [0.2, 0.25) is 15.9 Å². The van der Waals surface area contributed by atoms with Crippen molar-refractivity contribution in [3.63, 3.8) is 0 Å². The third-order valence-corrected chi connectivity index (χ3v) is 12.0. The van der Waals surface area contributed by atoms with E-state index in [1.807, 2.05) is 32.6 Å². The molecule has 0 radical (unpaired) electrons. The van der Waals surface area contributed by atoms with Crippen molar-refractivity contribution in [1.29, 1.82) is 0 Å². The van der Waals surface area contributed by atoms with Crippen LogP contribution < -0.4 is 4.90 Å². The first-order valence-corrected chi connectivity index (χ1v) is 16.7. The van der Waals surface area contributed by atoms with E-state index >= 15 is 0 Å². The minimum Gasteiger partial charge on any atom is -0.339 e. The molecule has 11 nitrogen and oxygen atoms in total. The number of hydrogen-bond acceptors (Lipinski definition) is 9. The maximum atomic E-state index is 13.4. The molecule has 3 heterocycles. The Balaban J connectivity index is 1.39. The number of nitrogens with zero attached hydrogens (tertiary/aromatic N) is 5. The van der Waals surface area contributed by atoms with Crippen molar-refractivity contribution in [2.45, 2.75) is 74.3 Å². The summed E-state index contributed by atoms with van der Waals surface area (Å²) in [5, 5.41) is 3.51. The summed E-state index contributed by atoms with van der Waals surface area (Å²) in [6.07, 6.45) is 2.19. The molecule has 2 aliphatic heterocycles. The molecule has 2 aliphatic rings. The lowest BCUT2D eigenvalue weighted by atomic mass is 9.98. The van der Waals surface area contributed by atoms with Crippen molar-refractivity contribution in [2.24, 2.45) is 5.92 Å². The second-order valence-corrected chi connectivity index (χ2v) is 14.7. The zero-order valence-electron chi connectivity index (χ0n) is 23.1. The Labute approximate surface area is 231 Å². The Kier molecular flexibility index (Phi) is 9.01. The molecule has 1 amide bonds. The summed E-state index contributed by atoms with van der Waals surface area (Å²) < 4.78 is 59.2. The molecule has 2 aromatic rings. The number of hydrogen-bond donors (Lipinski definition) is 0. The van der Waals surface area contributed by atoms with Crippen LogP contribution in [0.4, 0.5) is 6.01 Å². The van der Waals surface area contributed by atoms with Gasteiger partial charge in [-0.15, -0.1) is 0 Å². The monoisotopic (exact) mass is 581 g/mol. The van der Waals surface area contributed by atoms with Crippen molar-refractivity contribution in [1.82, 2.24) is 19.3 Å². The maximum absolute atomic E-state index is 13.4. The van der Waals surface area contributed by atoms with Crippen LogP contribution in [-0.2, 0) is 24.7 Å². The van der Waals surface area contributed by atoms with Crippen LogP contribution in [0.1, 0.15) is 65.1 Å². The van der Waals surface area contributed by atoms with Gasteiger partial charge in [-0.1, -0.05) is 32.9 Å². The lowest BCUT2D eigenvalue weighted by Gasteiger charge is -2.38. The van der Waals surface area contributed by atoms with Crippen LogP contribution in [0.15, 0.2) is 38.6 Å². The fourth-order valence-corrected chi connectivity index (χ4v) is 8.50. The molecule has 1 atom stereocenters. The van der Waals surface area contributed by atoms with Gasteiger partial charge in [-0.05, 0) is 49.9 Å². The van der Waals surface area contributed by atoms with E-state index in [2.05, 4.69) is 10.1 Å². The molecule has 0 N–H and O–H groups in total. The molecule has 4 rings (SSSR count). The van der Waals surface area contributed by atoms with Gasteiger partial charge in [0.15, 0.2) is 15.7 Å². The first kappa shape index (κ1) is 29.5. The van der Waals surface area contributed by atoms with E-state index in [4.69, 9.17) is 4.52 Å². The third-order valence-electron chi connectivity index (χ3n) is 7.68. The molecule has 39 heavy (non-hydrogen) atoms. The van der Waals surface area contributed by atoms with Gasteiger partial charge in [0.05, 0.1) is 21.0 Å². The van der Waals surface area contributed by atoms with Crippen LogP contribution in [-0.4, -0.2) is 86.6 Å². The Morgan fingerprint density at radius 2 is 1.59 bits per heavy atom. The largest absolute Gasteiger partial charge is 0.339 e. The second-order valence-electron chi connectivity index (χ2n) is 10.6. The summed E-state index contributed by atoms with van der Waals surface area (Å²) in [5.41, 5.74) is 0. The Morgan fingerprint density at radius 1 is 0.974 bits per heavy atom. The minimum atomic E-state index is -3.87. The van der Waals surface area contributed by atoms with Crippen LogP contribution in [0.2, 0.25) is 0 Å². The van der Waals surface area contributed by atoms with Gasteiger partial charge >= 0.3 is 6.01 Å². The highest BCUT2D eigenvalue weighted by Gasteiger charge is 2.36. The van der Waals surface area contributed by atoms with Gasteiger partial charge in [0.1, 0.15) is 0 Å². The van der Waals surface area contributed by atoms with E-state index in [0.717, 1.165) is 0 Å². The van der Waals surface area contributed by atoms with E-state index in [0.29, 0.717) is 70.2 Å². The predicted octanol–water partition coefficient (Wildman–Crippen LogP) is 2.90. The Bertz CT molecular complexity index is 1350. The van der Waals surface area contributed by atoms with Crippen LogP contribution in [0.5, 0.6) is 0 Å². The van der Waals surface area contributed by atoms with Crippen molar-refractivity contribution in [3.05, 3.63) is 30.1 Å². The van der Waals surface area contributed by atoms with E-state index in [-0.39, 0.29) is 28.2 Å². The van der Waals surface area contributed by atoms with Gasteiger partial charge in [0, 0.05) is 45.2 Å². The standard InChI is InChI=1S/C26H39N5O6S2/c1-5-21(6-2)38(33,34)22-9-11-23(12-10-22)39(35,36)31-13-7-8-20(18-31)25(32)29-14-16-30(17-15-29)26-27-24(19(3)4)28-37-26/h9-12,19-21H,5-8,13-18H2,1-4H3. The average molecular weight is 582 g/mol. The highest BCUT2D eigenvalue weighted by Crippen LogP contribution is 2.28. The number of amides is 1. The number of aromatic nitrogens is 2. The molecule has 1 unspecified atom stereocenters. The lowest BCUT2D eigenvalue weighted by molar-refractivity contribution is -0.137. The quantitative estimate of drug-likeness (QED) is 0.438. The average Bonchev–Trinajstić information content (AvgIpc) is 3.44. The Hall–Kier alpha value is -2.51. The molecule has 0 spiro atoms. The SMILES string of the molecule is CCC(CC)S(=O)(=O)c1ccc(S(=O)(=O)N2CCCC(C(=O)N3CCN(c4nc(C(C)C)no4)CC3)C2)cc1. The molecular weight excluding hydrogens is 542 g/mol. The van der Waals surface area contributed by atoms with Crippen molar-refractivity contribution < 1.29 is 26.2 Å². The van der Waals surface area contributed by atoms with Crippen molar-refractivity contribution in [3.8, 4) is 0 Å². The topological polar surface area (TPSA) is 134 Å². The molecule has 13 heteroatoms. The highest BCUT2D eigenvalue weighted by atomic mass is 32.2. The number of sulfone groups is 1. The summed E-state index contributed by atoms with van der Waals surface area (Å²) >= 11 is 0. The number of sulfonamides is 1. The van der Waals surface area contributed by atoms with Gasteiger partial charge in [0.25, 0.3) is 0 Å². The molecule has 1 aromatic carbocycles. The van der Waals surface area contributed by atoms with Crippen LogP contribution in [0, 0.1) is 5.92 Å². The fourth-order valence-electron chi connectivity index (χ4n) is 5.20. The first-order valence-electron chi connectivity index (χ1n) is 13.7. The number of benzene rings is 1. The number of rotatable bonds is 9. The van der Waals surface area contributed by atoms with E-state index in [1.165, 1.54) is 28.6 Å². The van der Waals surface area contributed by atoms with Gasteiger partial charge in [-0.3, -0.25) is 4.79 Å². The van der Waals surface area contributed by atoms with Gasteiger partial charge in [-0.2, -0.15) is 9.29 Å². The molecule has 1 aromatic heterocycles. The molecule has 0 bridgehead atoms. The fraction of sp³-hybridized carbons (Fsp3) is 0.654. The van der Waals surface area contributed by atoms with Crippen LogP contribution in [0.25, 0.3) is 0 Å². The van der Waals surface area contributed by atoms with Crippen molar-refractivity contribution in [2.75, 3.05) is 44.2 Å². The molecule has 2 fully saturated rings.